The van der Waals surface area contributed by atoms with Crippen LogP contribution in [-0.2, 0) is 0 Å². The molecule has 16 heavy (non-hydrogen) atoms. The summed E-state index contributed by atoms with van der Waals surface area (Å²) in [5.74, 6) is 0.584. The van der Waals surface area contributed by atoms with Gasteiger partial charge in [0.2, 0.25) is 0 Å². The van der Waals surface area contributed by atoms with Crippen molar-refractivity contribution in [3.8, 4) is 5.75 Å². The van der Waals surface area contributed by atoms with Crippen LogP contribution in [0, 0.1) is 9.49 Å². The standard InChI is InChI=1S/C11H9F3IO/c1-3-7(2)9-6-8(4-5-10(9)15)16-11(12,13)14/h3-6H,1H2,2H3. The highest BCUT2D eigenvalue weighted by Crippen LogP contribution is 2.29. The van der Waals surface area contributed by atoms with Gasteiger partial charge in [0.1, 0.15) is 5.75 Å². The summed E-state index contributed by atoms with van der Waals surface area (Å²) in [4.78, 5) is 0. The minimum atomic E-state index is -4.66. The van der Waals surface area contributed by atoms with Gasteiger partial charge < -0.3 is 4.74 Å². The van der Waals surface area contributed by atoms with E-state index in [4.69, 9.17) is 0 Å². The molecule has 1 radical (unpaired) electrons. The molecule has 1 rings (SSSR count). The molecule has 0 aromatic heterocycles. The molecule has 0 fully saturated rings. The topological polar surface area (TPSA) is 9.23 Å². The molecule has 0 bridgehead atoms. The van der Waals surface area contributed by atoms with E-state index in [0.29, 0.717) is 5.56 Å². The molecule has 0 amide bonds. The first-order valence-electron chi connectivity index (χ1n) is 4.35. The van der Waals surface area contributed by atoms with Crippen LogP contribution in [-0.4, -0.2) is 6.36 Å². The van der Waals surface area contributed by atoms with E-state index >= 15 is 0 Å². The van der Waals surface area contributed by atoms with Crippen LogP contribution in [0.3, 0.4) is 0 Å². The van der Waals surface area contributed by atoms with Gasteiger partial charge in [-0.25, -0.2) is 0 Å². The summed E-state index contributed by atoms with van der Waals surface area (Å²) in [6.45, 7) is 5.36. The first-order valence-corrected chi connectivity index (χ1v) is 5.43. The van der Waals surface area contributed by atoms with E-state index in [1.807, 2.05) is 22.6 Å². The Hall–Kier alpha value is -0.720. The van der Waals surface area contributed by atoms with Crippen LogP contribution in [0.25, 0.3) is 0 Å². The van der Waals surface area contributed by atoms with E-state index in [9.17, 15) is 13.2 Å². The first kappa shape index (κ1) is 13.3. The Morgan fingerprint density at radius 2 is 2.06 bits per heavy atom. The fourth-order valence-corrected chi connectivity index (χ4v) is 1.87. The number of rotatable bonds is 3. The quantitative estimate of drug-likeness (QED) is 0.744. The second kappa shape index (κ2) is 5.07. The number of ether oxygens (including phenoxy) is 1. The molecule has 0 aliphatic rings. The van der Waals surface area contributed by atoms with Crippen LogP contribution in [0.2, 0.25) is 0 Å². The van der Waals surface area contributed by atoms with Gasteiger partial charge in [-0.2, -0.15) is 0 Å². The molecule has 0 heterocycles. The lowest BCUT2D eigenvalue weighted by atomic mass is 10.0. The first-order chi connectivity index (χ1) is 7.33. The van der Waals surface area contributed by atoms with Gasteiger partial charge in [-0.3, -0.25) is 0 Å². The highest BCUT2D eigenvalue weighted by atomic mass is 127. The summed E-state index contributed by atoms with van der Waals surface area (Å²) in [6, 6.07) is 4.21. The van der Waals surface area contributed by atoms with Crippen LogP contribution in [0.5, 0.6) is 5.75 Å². The van der Waals surface area contributed by atoms with Crippen molar-refractivity contribution in [3.63, 3.8) is 0 Å². The maximum atomic E-state index is 12.0. The molecular weight excluding hydrogens is 332 g/mol. The Labute approximate surface area is 105 Å². The van der Waals surface area contributed by atoms with Crippen LogP contribution in [0.1, 0.15) is 12.5 Å². The molecule has 5 heteroatoms. The number of benzene rings is 1. The Balaban J connectivity index is 3.03. The van der Waals surface area contributed by atoms with E-state index in [0.717, 1.165) is 9.49 Å². The second-order valence-electron chi connectivity index (χ2n) is 3.08. The second-order valence-corrected chi connectivity index (χ2v) is 4.24. The zero-order valence-electron chi connectivity index (χ0n) is 8.44. The normalized spacial score (nSPS) is 11.6. The number of hydrogen-bond donors (Lipinski definition) is 0. The number of halogens is 4. The number of alkyl halides is 3. The van der Waals surface area contributed by atoms with Crippen LogP contribution in [0.15, 0.2) is 30.9 Å². The van der Waals surface area contributed by atoms with Gasteiger partial charge in [-0.1, -0.05) is 13.0 Å². The average molecular weight is 341 g/mol. The van der Waals surface area contributed by atoms with Gasteiger partial charge in [0, 0.05) is 9.49 Å². The lowest BCUT2D eigenvalue weighted by Gasteiger charge is -2.13. The Bertz CT molecular complexity index is 387. The largest absolute Gasteiger partial charge is 0.573 e. The van der Waals surface area contributed by atoms with E-state index in [1.54, 1.807) is 19.1 Å². The number of allylic oxidation sites excluding steroid dienone is 1. The molecule has 0 atom stereocenters. The van der Waals surface area contributed by atoms with Crippen LogP contribution in [0.4, 0.5) is 13.2 Å². The fourth-order valence-electron chi connectivity index (χ4n) is 1.11. The van der Waals surface area contributed by atoms with E-state index in [-0.39, 0.29) is 5.75 Å². The molecule has 0 aliphatic carbocycles. The molecule has 0 aliphatic heterocycles. The molecule has 0 saturated heterocycles. The summed E-state index contributed by atoms with van der Waals surface area (Å²) >= 11 is 2.05. The summed E-state index contributed by atoms with van der Waals surface area (Å²) in [6.07, 6.45) is -3.07. The Kier molecular flexibility index (Phi) is 4.23. The Morgan fingerprint density at radius 1 is 1.44 bits per heavy atom. The third kappa shape index (κ3) is 3.70. The molecular formula is C11H9F3IO. The van der Waals surface area contributed by atoms with Gasteiger partial charge in [0.25, 0.3) is 0 Å². The van der Waals surface area contributed by atoms with Gasteiger partial charge in [-0.15, -0.1) is 19.8 Å². The van der Waals surface area contributed by atoms with Gasteiger partial charge in [-0.05, 0) is 46.4 Å². The number of hydrogen-bond acceptors (Lipinski definition) is 1. The van der Waals surface area contributed by atoms with Crippen molar-refractivity contribution in [2.75, 3.05) is 0 Å². The Morgan fingerprint density at radius 3 is 2.56 bits per heavy atom. The van der Waals surface area contributed by atoms with Crippen molar-refractivity contribution >= 4 is 22.6 Å². The van der Waals surface area contributed by atoms with E-state index in [2.05, 4.69) is 11.3 Å². The fraction of sp³-hybridized carbons (Fsp3) is 0.182. The predicted molar refractivity (Wildman–Crippen MR) is 64.1 cm³/mol. The van der Waals surface area contributed by atoms with Crippen LogP contribution < -0.4 is 4.74 Å². The van der Waals surface area contributed by atoms with Gasteiger partial charge in [0.05, 0.1) is 0 Å². The summed E-state index contributed by atoms with van der Waals surface area (Å²) < 4.78 is 40.7. The zero-order valence-corrected chi connectivity index (χ0v) is 10.6. The summed E-state index contributed by atoms with van der Waals surface area (Å²) in [5.41, 5.74) is 0.692. The zero-order chi connectivity index (χ0) is 12.3. The molecule has 1 aromatic rings. The minimum Gasteiger partial charge on any atom is -0.406 e. The molecule has 0 saturated carbocycles. The van der Waals surface area contributed by atoms with Crippen molar-refractivity contribution in [3.05, 3.63) is 45.9 Å². The van der Waals surface area contributed by atoms with Gasteiger partial charge in [0.15, 0.2) is 0 Å². The molecule has 0 unspecified atom stereocenters. The van der Waals surface area contributed by atoms with Crippen molar-refractivity contribution in [1.29, 1.82) is 0 Å². The maximum Gasteiger partial charge on any atom is 0.573 e. The summed E-state index contributed by atoms with van der Waals surface area (Å²) in [7, 11) is 0. The SMILES string of the molecule is C=C[C](C)c1cc(OC(F)(F)F)ccc1I. The minimum absolute atomic E-state index is 0.218. The van der Waals surface area contributed by atoms with E-state index in [1.165, 1.54) is 12.1 Å². The lowest BCUT2D eigenvalue weighted by Crippen LogP contribution is -2.17. The maximum absolute atomic E-state index is 12.0. The summed E-state index contributed by atoms with van der Waals surface area (Å²) in [5, 5.41) is 0. The lowest BCUT2D eigenvalue weighted by molar-refractivity contribution is -0.274. The van der Waals surface area contributed by atoms with Gasteiger partial charge >= 0.3 is 6.36 Å². The molecule has 1 nitrogen and oxygen atoms in total. The molecule has 87 valence electrons. The van der Waals surface area contributed by atoms with Crippen LogP contribution >= 0.6 is 22.6 Å². The monoisotopic (exact) mass is 341 g/mol. The van der Waals surface area contributed by atoms with Crippen molar-refractivity contribution in [1.82, 2.24) is 0 Å². The van der Waals surface area contributed by atoms with Crippen molar-refractivity contribution in [2.24, 2.45) is 0 Å². The molecule has 0 spiro atoms. The van der Waals surface area contributed by atoms with E-state index < -0.39 is 6.36 Å². The average Bonchev–Trinajstić information content (AvgIpc) is 2.18. The molecule has 0 N–H and O–H groups in total. The highest BCUT2D eigenvalue weighted by Gasteiger charge is 2.31. The third-order valence-electron chi connectivity index (χ3n) is 1.90. The van der Waals surface area contributed by atoms with Crippen molar-refractivity contribution in [2.45, 2.75) is 13.3 Å². The molecule has 1 aromatic carbocycles. The highest BCUT2D eigenvalue weighted by molar-refractivity contribution is 14.1. The predicted octanol–water partition coefficient (Wildman–Crippen LogP) is 4.32. The van der Waals surface area contributed by atoms with Crippen molar-refractivity contribution < 1.29 is 17.9 Å². The smallest absolute Gasteiger partial charge is 0.406 e. The third-order valence-corrected chi connectivity index (χ3v) is 2.84.